The van der Waals surface area contributed by atoms with E-state index in [1.807, 2.05) is 20.0 Å². The highest BCUT2D eigenvalue weighted by atomic mass is 19.4. The first-order valence-electron chi connectivity index (χ1n) is 6.80. The smallest absolute Gasteiger partial charge is 0.363 e. The van der Waals surface area contributed by atoms with Gasteiger partial charge in [0.2, 0.25) is 0 Å². The number of halogens is 3. The Morgan fingerprint density at radius 1 is 1.30 bits per heavy atom. The number of nitrogens with one attached hydrogen (secondary N) is 1. The van der Waals surface area contributed by atoms with Crippen LogP contribution in [-0.4, -0.2) is 29.4 Å². The molecule has 0 amide bonds. The van der Waals surface area contributed by atoms with Gasteiger partial charge >= 0.3 is 6.18 Å². The second-order valence-corrected chi connectivity index (χ2v) is 5.21. The van der Waals surface area contributed by atoms with Crippen LogP contribution in [0.25, 0.3) is 5.78 Å². The second kappa shape index (κ2) is 5.21. The maximum Gasteiger partial charge on any atom is 0.433 e. The van der Waals surface area contributed by atoms with Crippen LogP contribution in [0.5, 0.6) is 0 Å². The Kier molecular flexibility index (Phi) is 3.46. The number of aryl methyl sites for hydroxylation is 2. The van der Waals surface area contributed by atoms with E-state index in [0.29, 0.717) is 0 Å². The fourth-order valence-electron chi connectivity index (χ4n) is 2.40. The summed E-state index contributed by atoms with van der Waals surface area (Å²) in [6.07, 6.45) is -1.58. The van der Waals surface area contributed by atoms with Crippen LogP contribution in [0.3, 0.4) is 0 Å². The molecule has 23 heavy (non-hydrogen) atoms. The van der Waals surface area contributed by atoms with Crippen LogP contribution in [0.1, 0.15) is 29.9 Å². The summed E-state index contributed by atoms with van der Waals surface area (Å²) < 4.78 is 41.8. The molecule has 0 fully saturated rings. The minimum absolute atomic E-state index is 0.113. The SMILES string of the molecule is Cc1nn(C)cc1C(C)Nc1cc(C(F)(F)F)nc2ncnn12. The van der Waals surface area contributed by atoms with Crippen molar-refractivity contribution in [2.75, 3.05) is 5.32 Å². The van der Waals surface area contributed by atoms with Gasteiger partial charge in [0.05, 0.1) is 11.7 Å². The fraction of sp³-hybridized carbons (Fsp3) is 0.385. The van der Waals surface area contributed by atoms with Crippen LogP contribution in [0.2, 0.25) is 0 Å². The highest BCUT2D eigenvalue weighted by molar-refractivity contribution is 5.47. The molecule has 3 heterocycles. The molecule has 0 bridgehead atoms. The first-order chi connectivity index (χ1) is 10.8. The summed E-state index contributed by atoms with van der Waals surface area (Å²) in [5.74, 6) is 0.0491. The van der Waals surface area contributed by atoms with Gasteiger partial charge in [-0.05, 0) is 13.8 Å². The van der Waals surface area contributed by atoms with Gasteiger partial charge in [-0.25, -0.2) is 4.98 Å². The fourth-order valence-corrected chi connectivity index (χ4v) is 2.40. The van der Waals surface area contributed by atoms with Crippen molar-refractivity contribution in [3.63, 3.8) is 0 Å². The molecule has 10 heteroatoms. The normalized spacial score (nSPS) is 13.5. The molecule has 122 valence electrons. The van der Waals surface area contributed by atoms with Gasteiger partial charge in [0.1, 0.15) is 12.1 Å². The molecule has 0 aliphatic rings. The van der Waals surface area contributed by atoms with Gasteiger partial charge in [-0.1, -0.05) is 0 Å². The zero-order valence-corrected chi connectivity index (χ0v) is 12.6. The van der Waals surface area contributed by atoms with E-state index in [2.05, 4.69) is 25.5 Å². The number of alkyl halides is 3. The third-order valence-corrected chi connectivity index (χ3v) is 3.42. The van der Waals surface area contributed by atoms with Crippen molar-refractivity contribution >= 4 is 11.6 Å². The number of nitrogens with zero attached hydrogens (tertiary/aromatic N) is 6. The summed E-state index contributed by atoms with van der Waals surface area (Å²) in [5, 5.41) is 11.2. The molecular weight excluding hydrogens is 311 g/mol. The van der Waals surface area contributed by atoms with E-state index in [1.54, 1.807) is 11.7 Å². The number of hydrogen-bond acceptors (Lipinski definition) is 5. The molecule has 1 N–H and O–H groups in total. The van der Waals surface area contributed by atoms with E-state index in [4.69, 9.17) is 0 Å². The number of hydrogen-bond donors (Lipinski definition) is 1. The molecule has 1 atom stereocenters. The molecular formula is C13H14F3N7. The molecule has 1 unspecified atom stereocenters. The summed E-state index contributed by atoms with van der Waals surface area (Å²) in [7, 11) is 1.78. The predicted octanol–water partition coefficient (Wildman–Crippen LogP) is 2.36. The highest BCUT2D eigenvalue weighted by Crippen LogP contribution is 2.30. The predicted molar refractivity (Wildman–Crippen MR) is 75.8 cm³/mol. The minimum atomic E-state index is -4.56. The Morgan fingerprint density at radius 2 is 2.04 bits per heavy atom. The topological polar surface area (TPSA) is 72.9 Å². The van der Waals surface area contributed by atoms with E-state index in [1.165, 1.54) is 4.52 Å². The quantitative estimate of drug-likeness (QED) is 0.800. The lowest BCUT2D eigenvalue weighted by Crippen LogP contribution is -2.15. The van der Waals surface area contributed by atoms with Crippen molar-refractivity contribution in [1.29, 1.82) is 0 Å². The van der Waals surface area contributed by atoms with Crippen LogP contribution in [0, 0.1) is 6.92 Å². The van der Waals surface area contributed by atoms with Crippen molar-refractivity contribution < 1.29 is 13.2 Å². The van der Waals surface area contributed by atoms with Gasteiger partial charge in [-0.15, -0.1) is 0 Å². The standard InChI is InChI=1S/C13H14F3N7/c1-7(9-5-22(3)21-8(9)2)19-11-4-10(13(14,15)16)20-12-17-6-18-23(11)12/h4-7,19H,1-3H3. The van der Waals surface area contributed by atoms with Gasteiger partial charge < -0.3 is 5.32 Å². The van der Waals surface area contributed by atoms with Gasteiger partial charge in [-0.2, -0.15) is 32.9 Å². The molecule has 0 radical (unpaired) electrons. The molecule has 0 spiro atoms. The summed E-state index contributed by atoms with van der Waals surface area (Å²) in [6, 6.07) is 0.656. The van der Waals surface area contributed by atoms with Gasteiger partial charge in [0.15, 0.2) is 5.69 Å². The largest absolute Gasteiger partial charge is 0.433 e. The van der Waals surface area contributed by atoms with Crippen LogP contribution in [0.4, 0.5) is 19.0 Å². The Bertz CT molecular complexity index is 849. The minimum Gasteiger partial charge on any atom is -0.363 e. The van der Waals surface area contributed by atoms with Gasteiger partial charge in [-0.3, -0.25) is 4.68 Å². The monoisotopic (exact) mass is 325 g/mol. The first-order valence-corrected chi connectivity index (χ1v) is 6.80. The van der Waals surface area contributed by atoms with Crippen LogP contribution in [-0.2, 0) is 13.2 Å². The third-order valence-electron chi connectivity index (χ3n) is 3.42. The lowest BCUT2D eigenvalue weighted by Gasteiger charge is -2.16. The van der Waals surface area contributed by atoms with Gasteiger partial charge in [0, 0.05) is 24.9 Å². The Balaban J connectivity index is 2.02. The van der Waals surface area contributed by atoms with Crippen LogP contribution >= 0.6 is 0 Å². The number of fused-ring (bicyclic) bond motifs is 1. The number of aromatic nitrogens is 6. The molecule has 0 saturated heterocycles. The average Bonchev–Trinajstić information content (AvgIpc) is 3.03. The van der Waals surface area contributed by atoms with Crippen molar-refractivity contribution in [2.45, 2.75) is 26.1 Å². The Morgan fingerprint density at radius 3 is 2.65 bits per heavy atom. The maximum absolute atomic E-state index is 13.0. The van der Waals surface area contributed by atoms with Crippen LogP contribution in [0.15, 0.2) is 18.6 Å². The number of rotatable bonds is 3. The van der Waals surface area contributed by atoms with Crippen molar-refractivity contribution in [3.05, 3.63) is 35.5 Å². The zero-order valence-electron chi connectivity index (χ0n) is 12.6. The molecule has 0 aromatic carbocycles. The molecule has 0 saturated carbocycles. The molecule has 3 aromatic heterocycles. The number of anilines is 1. The molecule has 0 aliphatic carbocycles. The zero-order chi connectivity index (χ0) is 16.8. The van der Waals surface area contributed by atoms with E-state index >= 15 is 0 Å². The summed E-state index contributed by atoms with van der Waals surface area (Å²) in [6.45, 7) is 3.67. The molecule has 0 aliphatic heterocycles. The maximum atomic E-state index is 13.0. The van der Waals surface area contributed by atoms with Crippen LogP contribution < -0.4 is 5.32 Å². The Labute approximate surface area is 129 Å². The van der Waals surface area contributed by atoms with E-state index in [0.717, 1.165) is 23.7 Å². The lowest BCUT2D eigenvalue weighted by atomic mass is 10.1. The molecule has 3 rings (SSSR count). The summed E-state index contributed by atoms with van der Waals surface area (Å²) in [4.78, 5) is 7.22. The van der Waals surface area contributed by atoms with Crippen molar-refractivity contribution in [3.8, 4) is 0 Å². The van der Waals surface area contributed by atoms with Crippen molar-refractivity contribution in [1.82, 2.24) is 29.4 Å². The van der Waals surface area contributed by atoms with Crippen molar-refractivity contribution in [2.24, 2.45) is 7.05 Å². The summed E-state index contributed by atoms with van der Waals surface area (Å²) in [5.41, 5.74) is 0.661. The van der Waals surface area contributed by atoms with Gasteiger partial charge in [0.25, 0.3) is 5.78 Å². The first kappa shape index (κ1) is 15.3. The third kappa shape index (κ3) is 2.83. The molecule has 3 aromatic rings. The lowest BCUT2D eigenvalue weighted by molar-refractivity contribution is -0.141. The highest BCUT2D eigenvalue weighted by Gasteiger charge is 2.34. The Hall–Kier alpha value is -2.65. The van der Waals surface area contributed by atoms with E-state index < -0.39 is 11.9 Å². The van der Waals surface area contributed by atoms with E-state index in [9.17, 15) is 13.2 Å². The van der Waals surface area contributed by atoms with E-state index in [-0.39, 0.29) is 17.6 Å². The second-order valence-electron chi connectivity index (χ2n) is 5.21. The molecule has 7 nitrogen and oxygen atoms in total. The summed E-state index contributed by atoms with van der Waals surface area (Å²) >= 11 is 0. The average molecular weight is 325 g/mol.